The first-order chi connectivity index (χ1) is 14.3. The van der Waals surface area contributed by atoms with E-state index in [2.05, 4.69) is 5.32 Å². The van der Waals surface area contributed by atoms with Gasteiger partial charge >= 0.3 is 0 Å². The topological polar surface area (TPSA) is 75.7 Å². The normalized spacial score (nSPS) is 11.0. The first-order valence-corrected chi connectivity index (χ1v) is 10.9. The van der Waals surface area contributed by atoms with E-state index in [1.54, 1.807) is 60.7 Å². The van der Waals surface area contributed by atoms with Crippen LogP contribution in [0.3, 0.4) is 0 Å². The third-order valence-electron chi connectivity index (χ3n) is 4.44. The fourth-order valence-electron chi connectivity index (χ4n) is 2.87. The van der Waals surface area contributed by atoms with Gasteiger partial charge in [-0.15, -0.1) is 0 Å². The van der Waals surface area contributed by atoms with Crippen LogP contribution in [0, 0.1) is 6.92 Å². The van der Waals surface area contributed by atoms with Crippen LogP contribution < -0.4 is 14.4 Å². The first-order valence-electron chi connectivity index (χ1n) is 9.09. The second-order valence-corrected chi connectivity index (χ2v) is 8.83. The van der Waals surface area contributed by atoms with Crippen molar-refractivity contribution in [2.75, 3.05) is 23.3 Å². The van der Waals surface area contributed by atoms with Gasteiger partial charge in [0.1, 0.15) is 12.3 Å². The number of carbonyl (C=O) groups excluding carboxylic acids is 1. The Hall–Kier alpha value is -3.03. The van der Waals surface area contributed by atoms with Crippen molar-refractivity contribution in [3.63, 3.8) is 0 Å². The molecule has 156 valence electrons. The molecule has 3 aromatic rings. The number of methoxy groups -OCH3 is 1. The van der Waals surface area contributed by atoms with Crippen molar-refractivity contribution in [2.24, 2.45) is 0 Å². The lowest BCUT2D eigenvalue weighted by atomic mass is 10.2. The first kappa shape index (κ1) is 21.7. The number of amides is 1. The highest BCUT2D eigenvalue weighted by Crippen LogP contribution is 2.26. The minimum absolute atomic E-state index is 0.0938. The molecule has 0 fully saturated rings. The van der Waals surface area contributed by atoms with Crippen molar-refractivity contribution < 1.29 is 17.9 Å². The van der Waals surface area contributed by atoms with E-state index in [0.717, 1.165) is 9.87 Å². The van der Waals surface area contributed by atoms with Gasteiger partial charge in [-0.25, -0.2) is 8.42 Å². The maximum atomic E-state index is 13.3. The van der Waals surface area contributed by atoms with E-state index in [0.29, 0.717) is 22.1 Å². The smallest absolute Gasteiger partial charge is 0.264 e. The molecule has 0 aliphatic rings. The predicted molar refractivity (Wildman–Crippen MR) is 119 cm³/mol. The lowest BCUT2D eigenvalue weighted by Crippen LogP contribution is -2.38. The molecular weight excluding hydrogens is 424 g/mol. The van der Waals surface area contributed by atoms with Crippen molar-refractivity contribution >= 4 is 38.9 Å². The second-order valence-electron chi connectivity index (χ2n) is 6.53. The molecule has 30 heavy (non-hydrogen) atoms. The number of ether oxygens (including phenoxy) is 1. The van der Waals surface area contributed by atoms with Crippen molar-refractivity contribution in [2.45, 2.75) is 11.8 Å². The third-order valence-corrected chi connectivity index (χ3v) is 6.46. The summed E-state index contributed by atoms with van der Waals surface area (Å²) in [5.74, 6) is 0.104. The number of halogens is 1. The van der Waals surface area contributed by atoms with Gasteiger partial charge in [-0.05, 0) is 67.1 Å². The van der Waals surface area contributed by atoms with E-state index >= 15 is 0 Å². The van der Waals surface area contributed by atoms with Crippen molar-refractivity contribution in [1.29, 1.82) is 0 Å². The zero-order valence-electron chi connectivity index (χ0n) is 16.5. The molecule has 0 aromatic heterocycles. The van der Waals surface area contributed by atoms with Crippen LogP contribution in [0.4, 0.5) is 11.4 Å². The Kier molecular flexibility index (Phi) is 6.64. The quantitative estimate of drug-likeness (QED) is 0.582. The largest absolute Gasteiger partial charge is 0.497 e. The van der Waals surface area contributed by atoms with E-state index in [9.17, 15) is 13.2 Å². The molecule has 0 saturated heterocycles. The van der Waals surface area contributed by atoms with Gasteiger partial charge in [0.2, 0.25) is 5.91 Å². The highest BCUT2D eigenvalue weighted by molar-refractivity contribution is 7.92. The highest BCUT2D eigenvalue weighted by Gasteiger charge is 2.27. The molecule has 0 aliphatic heterocycles. The minimum atomic E-state index is -3.97. The molecule has 8 heteroatoms. The lowest BCUT2D eigenvalue weighted by Gasteiger charge is -2.24. The molecule has 0 heterocycles. The van der Waals surface area contributed by atoms with Crippen LogP contribution >= 0.6 is 11.6 Å². The van der Waals surface area contributed by atoms with Gasteiger partial charge in [-0.2, -0.15) is 0 Å². The van der Waals surface area contributed by atoms with E-state index in [1.807, 2.05) is 6.92 Å². The number of hydrogen-bond donors (Lipinski definition) is 1. The van der Waals surface area contributed by atoms with Gasteiger partial charge in [0, 0.05) is 10.7 Å². The van der Waals surface area contributed by atoms with Gasteiger partial charge in [0.15, 0.2) is 0 Å². The summed E-state index contributed by atoms with van der Waals surface area (Å²) < 4.78 is 32.8. The Balaban J connectivity index is 1.93. The van der Waals surface area contributed by atoms with Crippen LogP contribution in [0.2, 0.25) is 5.02 Å². The number of aryl methyl sites for hydroxylation is 1. The summed E-state index contributed by atoms with van der Waals surface area (Å²) in [6.45, 7) is 1.41. The molecule has 3 rings (SSSR count). The van der Waals surface area contributed by atoms with E-state index in [-0.39, 0.29) is 4.90 Å². The summed E-state index contributed by atoms with van der Waals surface area (Å²) in [5, 5.41) is 3.31. The molecule has 0 spiro atoms. The summed E-state index contributed by atoms with van der Waals surface area (Å²) in [6, 6.07) is 19.5. The number of nitrogens with zero attached hydrogens (tertiary/aromatic N) is 1. The highest BCUT2D eigenvalue weighted by atomic mass is 35.5. The molecular formula is C22H21ClN2O4S. The van der Waals surface area contributed by atoms with Gasteiger partial charge in [-0.3, -0.25) is 9.10 Å². The van der Waals surface area contributed by atoms with Crippen molar-refractivity contribution in [3.05, 3.63) is 83.4 Å². The lowest BCUT2D eigenvalue weighted by molar-refractivity contribution is -0.114. The third kappa shape index (κ3) is 4.93. The molecule has 0 saturated carbocycles. The Morgan fingerprint density at radius 1 is 1.03 bits per heavy atom. The summed E-state index contributed by atoms with van der Waals surface area (Å²) in [4.78, 5) is 12.9. The molecule has 1 N–H and O–H groups in total. The number of carbonyl (C=O) groups is 1. The number of rotatable bonds is 7. The fraction of sp³-hybridized carbons (Fsp3) is 0.136. The number of anilines is 2. The average Bonchev–Trinajstić information content (AvgIpc) is 2.75. The number of hydrogen-bond acceptors (Lipinski definition) is 4. The molecule has 0 unspecified atom stereocenters. The molecule has 1 amide bonds. The maximum absolute atomic E-state index is 13.3. The van der Waals surface area contributed by atoms with Crippen molar-refractivity contribution in [3.8, 4) is 5.75 Å². The number of nitrogens with one attached hydrogen (secondary N) is 1. The minimum Gasteiger partial charge on any atom is -0.497 e. The van der Waals surface area contributed by atoms with Crippen LogP contribution in [-0.2, 0) is 14.8 Å². The molecule has 0 aliphatic carbocycles. The molecule has 3 aromatic carbocycles. The van der Waals surface area contributed by atoms with E-state index in [4.69, 9.17) is 16.3 Å². The standard InChI is InChI=1S/C22H21ClN2O4S/c1-16-14-17(23)8-13-21(16)24-22(26)15-25(18-9-11-19(29-2)12-10-18)30(27,28)20-6-4-3-5-7-20/h3-14H,15H2,1-2H3,(H,24,26). The molecule has 0 bridgehead atoms. The fourth-order valence-corrected chi connectivity index (χ4v) is 4.54. The van der Waals surface area contributed by atoms with Gasteiger partial charge in [0.05, 0.1) is 17.7 Å². The summed E-state index contributed by atoms with van der Waals surface area (Å²) in [7, 11) is -2.44. The number of sulfonamides is 1. The maximum Gasteiger partial charge on any atom is 0.264 e. The zero-order valence-corrected chi connectivity index (χ0v) is 18.1. The summed E-state index contributed by atoms with van der Waals surface area (Å²) >= 11 is 5.96. The van der Waals surface area contributed by atoms with E-state index in [1.165, 1.54) is 19.2 Å². The van der Waals surface area contributed by atoms with Gasteiger partial charge in [-0.1, -0.05) is 29.8 Å². The average molecular weight is 445 g/mol. The molecule has 6 nitrogen and oxygen atoms in total. The molecule has 0 radical (unpaired) electrons. The Labute approximate surface area is 181 Å². The molecule has 0 atom stereocenters. The van der Waals surface area contributed by atoms with Crippen LogP contribution in [0.25, 0.3) is 0 Å². The Bertz CT molecular complexity index is 1130. The van der Waals surface area contributed by atoms with Crippen LogP contribution in [0.15, 0.2) is 77.7 Å². The summed E-state index contributed by atoms with van der Waals surface area (Å²) in [6.07, 6.45) is 0. The Morgan fingerprint density at radius 2 is 1.70 bits per heavy atom. The van der Waals surface area contributed by atoms with Gasteiger partial charge in [0.25, 0.3) is 10.0 Å². The number of benzene rings is 3. The van der Waals surface area contributed by atoms with Crippen LogP contribution in [-0.4, -0.2) is 28.0 Å². The van der Waals surface area contributed by atoms with Crippen LogP contribution in [0.1, 0.15) is 5.56 Å². The van der Waals surface area contributed by atoms with E-state index < -0.39 is 22.5 Å². The second kappa shape index (κ2) is 9.19. The monoisotopic (exact) mass is 444 g/mol. The summed E-state index contributed by atoms with van der Waals surface area (Å²) in [5.41, 5.74) is 1.69. The van der Waals surface area contributed by atoms with Crippen molar-refractivity contribution in [1.82, 2.24) is 0 Å². The zero-order chi connectivity index (χ0) is 21.7. The predicted octanol–water partition coefficient (Wildman–Crippen LogP) is 4.49. The Morgan fingerprint density at radius 3 is 2.30 bits per heavy atom. The SMILES string of the molecule is COc1ccc(N(CC(=O)Nc2ccc(Cl)cc2C)S(=O)(=O)c2ccccc2)cc1. The van der Waals surface area contributed by atoms with Gasteiger partial charge < -0.3 is 10.1 Å². The van der Waals surface area contributed by atoms with Crippen LogP contribution in [0.5, 0.6) is 5.75 Å².